The Kier molecular flexibility index (Phi) is 3.86. The van der Waals surface area contributed by atoms with Gasteiger partial charge in [-0.1, -0.05) is 0 Å². The molecule has 1 aromatic heterocycles. The van der Waals surface area contributed by atoms with Crippen LogP contribution < -0.4 is 11.1 Å². The molecule has 1 saturated heterocycles. The highest BCUT2D eigenvalue weighted by Gasteiger charge is 2.29. The van der Waals surface area contributed by atoms with Crippen molar-refractivity contribution in [2.24, 2.45) is 5.73 Å². The average molecular weight is 280 g/mol. The monoisotopic (exact) mass is 280 g/mol. The van der Waals surface area contributed by atoms with E-state index < -0.39 is 0 Å². The molecule has 1 amide bonds. The van der Waals surface area contributed by atoms with Crippen molar-refractivity contribution in [2.75, 3.05) is 6.54 Å². The minimum atomic E-state index is -0.305. The zero-order valence-electron chi connectivity index (χ0n) is 11.0. The first-order chi connectivity index (χ1) is 9.26. The molecule has 0 spiro atoms. The Morgan fingerprint density at radius 1 is 1.47 bits per heavy atom. The average Bonchev–Trinajstić information content (AvgIpc) is 3.10. The van der Waals surface area contributed by atoms with Crippen molar-refractivity contribution in [3.63, 3.8) is 0 Å². The van der Waals surface area contributed by atoms with Crippen LogP contribution in [0.15, 0.2) is 6.07 Å². The number of rotatable bonds is 4. The van der Waals surface area contributed by atoms with Crippen LogP contribution in [0.25, 0.3) is 0 Å². The van der Waals surface area contributed by atoms with Crippen molar-refractivity contribution in [3.05, 3.63) is 21.4 Å². The number of hydrogen-bond acceptors (Lipinski definition) is 4. The molecule has 0 aromatic carbocycles. The van der Waals surface area contributed by atoms with Gasteiger partial charge in [-0.05, 0) is 43.7 Å². The van der Waals surface area contributed by atoms with Gasteiger partial charge in [0.25, 0.3) is 0 Å². The summed E-state index contributed by atoms with van der Waals surface area (Å²) in [7, 11) is 0. The predicted molar refractivity (Wildman–Crippen MR) is 75.1 cm³/mol. The second-order valence-corrected chi connectivity index (χ2v) is 6.51. The van der Waals surface area contributed by atoms with Crippen molar-refractivity contribution in [3.8, 4) is 0 Å². The molecule has 1 aromatic rings. The lowest BCUT2D eigenvalue weighted by molar-refractivity contribution is -0.132. The molecule has 19 heavy (non-hydrogen) atoms. The maximum atomic E-state index is 12.0. The fourth-order valence-corrected chi connectivity index (χ4v) is 4.04. The molecule has 2 heterocycles. The Hall–Kier alpha value is -0.910. The van der Waals surface area contributed by atoms with Gasteiger partial charge >= 0.3 is 0 Å². The van der Waals surface area contributed by atoms with Crippen molar-refractivity contribution in [1.29, 1.82) is 0 Å². The summed E-state index contributed by atoms with van der Waals surface area (Å²) in [6, 6.07) is 2.24. The Bertz CT molecular complexity index is 451. The zero-order chi connectivity index (χ0) is 13.2. The van der Waals surface area contributed by atoms with E-state index in [1.807, 2.05) is 11.3 Å². The number of carbonyl (C=O) groups excluding carboxylic acids is 1. The van der Waals surface area contributed by atoms with E-state index in [1.165, 1.54) is 34.6 Å². The second-order valence-electron chi connectivity index (χ2n) is 5.29. The Balaban J connectivity index is 1.50. The molecule has 1 aliphatic heterocycles. The molecule has 3 N–H and O–H groups in total. The van der Waals surface area contributed by atoms with Gasteiger partial charge in [0.05, 0.1) is 12.6 Å². The van der Waals surface area contributed by atoms with Crippen LogP contribution in [0.2, 0.25) is 0 Å². The number of nitrogens with two attached hydrogens (primary N) is 1. The highest BCUT2D eigenvalue weighted by molar-refractivity contribution is 7.12. The molecule has 3 rings (SSSR count). The van der Waals surface area contributed by atoms with E-state index >= 15 is 0 Å². The van der Waals surface area contributed by atoms with Gasteiger partial charge in [-0.2, -0.15) is 0 Å². The number of ether oxygens (including phenoxy) is 1. The largest absolute Gasteiger partial charge is 0.364 e. The smallest absolute Gasteiger partial charge is 0.249 e. The van der Waals surface area contributed by atoms with Crippen molar-refractivity contribution >= 4 is 17.2 Å². The molecule has 104 valence electrons. The summed E-state index contributed by atoms with van der Waals surface area (Å²) in [5.74, 6) is 0.00418. The number of hydrogen-bond donors (Lipinski definition) is 2. The van der Waals surface area contributed by atoms with Crippen LogP contribution in [0.3, 0.4) is 0 Å². The fraction of sp³-hybridized carbons (Fsp3) is 0.643. The van der Waals surface area contributed by atoms with E-state index in [1.54, 1.807) is 0 Å². The predicted octanol–water partition coefficient (Wildman–Crippen LogP) is 1.36. The van der Waals surface area contributed by atoms with Crippen LogP contribution in [0.5, 0.6) is 0 Å². The molecular formula is C14H20N2O2S. The van der Waals surface area contributed by atoms with E-state index in [4.69, 9.17) is 10.5 Å². The lowest BCUT2D eigenvalue weighted by Gasteiger charge is -2.12. The molecule has 5 heteroatoms. The summed E-state index contributed by atoms with van der Waals surface area (Å²) in [6.45, 7) is 1.13. The summed E-state index contributed by atoms with van der Waals surface area (Å²) < 4.78 is 5.59. The molecule has 0 saturated carbocycles. The van der Waals surface area contributed by atoms with E-state index in [0.717, 1.165) is 12.8 Å². The summed E-state index contributed by atoms with van der Waals surface area (Å²) >= 11 is 1.84. The van der Waals surface area contributed by atoms with Crippen molar-refractivity contribution in [2.45, 2.75) is 50.9 Å². The van der Waals surface area contributed by atoms with Crippen molar-refractivity contribution in [1.82, 2.24) is 5.32 Å². The summed E-state index contributed by atoms with van der Waals surface area (Å²) in [6.07, 6.45) is 5.11. The minimum Gasteiger partial charge on any atom is -0.364 e. The molecular weight excluding hydrogens is 260 g/mol. The third kappa shape index (κ3) is 2.83. The maximum Gasteiger partial charge on any atom is 0.249 e. The third-order valence-corrected chi connectivity index (χ3v) is 5.13. The van der Waals surface area contributed by atoms with Crippen LogP contribution in [-0.2, 0) is 28.9 Å². The number of carbonyl (C=O) groups is 1. The van der Waals surface area contributed by atoms with Gasteiger partial charge in [0.2, 0.25) is 5.91 Å². The first kappa shape index (κ1) is 13.1. The maximum absolute atomic E-state index is 12.0. The molecule has 2 unspecified atom stereocenters. The number of thiophene rings is 1. The first-order valence-corrected chi connectivity index (χ1v) is 7.81. The van der Waals surface area contributed by atoms with E-state index in [2.05, 4.69) is 11.4 Å². The molecule has 1 fully saturated rings. The normalized spacial score (nSPS) is 25.5. The lowest BCUT2D eigenvalue weighted by Crippen LogP contribution is -2.34. The number of fused-ring (bicyclic) bond motifs is 1. The molecule has 2 aliphatic rings. The van der Waals surface area contributed by atoms with Gasteiger partial charge in [0.15, 0.2) is 0 Å². The summed E-state index contributed by atoms with van der Waals surface area (Å²) in [5, 5.41) is 2.98. The van der Waals surface area contributed by atoms with Crippen LogP contribution in [0.4, 0.5) is 0 Å². The van der Waals surface area contributed by atoms with Gasteiger partial charge < -0.3 is 15.8 Å². The van der Waals surface area contributed by atoms with Crippen LogP contribution in [0, 0.1) is 0 Å². The van der Waals surface area contributed by atoms with Crippen LogP contribution in [0.1, 0.15) is 34.6 Å². The molecule has 0 bridgehead atoms. The van der Waals surface area contributed by atoms with Crippen LogP contribution >= 0.6 is 11.3 Å². The summed E-state index contributed by atoms with van der Waals surface area (Å²) in [4.78, 5) is 14.7. The first-order valence-electron chi connectivity index (χ1n) is 7.00. The minimum absolute atomic E-state index is 0.00418. The fourth-order valence-electron chi connectivity index (χ4n) is 2.84. The SMILES string of the molecule is NCC1CCC(C(=O)NCc2cc3c(s2)CCC3)O1. The van der Waals surface area contributed by atoms with Gasteiger partial charge in [-0.25, -0.2) is 0 Å². The quantitative estimate of drug-likeness (QED) is 0.875. The zero-order valence-corrected chi connectivity index (χ0v) is 11.8. The van der Waals surface area contributed by atoms with Gasteiger partial charge in [-0.15, -0.1) is 11.3 Å². The second kappa shape index (κ2) is 5.61. The van der Waals surface area contributed by atoms with Gasteiger partial charge in [0.1, 0.15) is 6.10 Å². The van der Waals surface area contributed by atoms with Crippen LogP contribution in [-0.4, -0.2) is 24.7 Å². The molecule has 0 radical (unpaired) electrons. The van der Waals surface area contributed by atoms with E-state index in [0.29, 0.717) is 13.1 Å². The highest BCUT2D eigenvalue weighted by atomic mass is 32.1. The van der Waals surface area contributed by atoms with Gasteiger partial charge in [0, 0.05) is 16.3 Å². The number of aryl methyl sites for hydroxylation is 2. The van der Waals surface area contributed by atoms with E-state index in [-0.39, 0.29) is 18.1 Å². The topological polar surface area (TPSA) is 64.4 Å². The summed E-state index contributed by atoms with van der Waals surface area (Å²) in [5.41, 5.74) is 7.03. The lowest BCUT2D eigenvalue weighted by atomic mass is 10.2. The molecule has 4 nitrogen and oxygen atoms in total. The number of nitrogens with one attached hydrogen (secondary N) is 1. The standard InChI is InChI=1S/C14H20N2O2S/c15-7-10-4-5-12(18-10)14(17)16-8-11-6-9-2-1-3-13(9)19-11/h6,10,12H,1-5,7-8,15H2,(H,16,17). The molecule has 1 aliphatic carbocycles. The van der Waals surface area contributed by atoms with E-state index in [9.17, 15) is 4.79 Å². The Morgan fingerprint density at radius 3 is 3.11 bits per heavy atom. The third-order valence-electron chi connectivity index (χ3n) is 3.90. The Labute approximate surface area is 117 Å². The molecule has 2 atom stereocenters. The number of amides is 1. The Morgan fingerprint density at radius 2 is 2.37 bits per heavy atom. The highest BCUT2D eigenvalue weighted by Crippen LogP contribution is 2.30. The van der Waals surface area contributed by atoms with Crippen molar-refractivity contribution < 1.29 is 9.53 Å². The van der Waals surface area contributed by atoms with Gasteiger partial charge in [-0.3, -0.25) is 4.79 Å².